The predicted octanol–water partition coefficient (Wildman–Crippen LogP) is 7.87. The van der Waals surface area contributed by atoms with E-state index >= 15 is 0 Å². The third-order valence-corrected chi connectivity index (χ3v) is 6.49. The Morgan fingerprint density at radius 2 is 1.81 bits per heavy atom. The Morgan fingerprint density at radius 1 is 1.03 bits per heavy atom. The molecule has 0 bridgehead atoms. The lowest BCUT2D eigenvalue weighted by Crippen LogP contribution is -2.06. The Hall–Kier alpha value is -4.06. The van der Waals surface area contributed by atoms with E-state index in [4.69, 9.17) is 14.3 Å². The maximum absolute atomic E-state index is 5.93. The van der Waals surface area contributed by atoms with Crippen LogP contribution in [0.5, 0.6) is 5.75 Å². The summed E-state index contributed by atoms with van der Waals surface area (Å²) in [4.78, 5) is 4.19. The monoisotopic (exact) mass is 480 g/mol. The lowest BCUT2D eigenvalue weighted by atomic mass is 9.99. The predicted molar refractivity (Wildman–Crippen MR) is 146 cm³/mol. The molecule has 0 atom stereocenters. The van der Waals surface area contributed by atoms with Crippen LogP contribution in [-0.2, 0) is 0 Å². The molecule has 0 aliphatic heterocycles. The Morgan fingerprint density at radius 3 is 2.47 bits per heavy atom. The van der Waals surface area contributed by atoms with Crippen LogP contribution in [0.2, 0.25) is 0 Å². The van der Waals surface area contributed by atoms with Crippen molar-refractivity contribution in [3.05, 3.63) is 83.5 Å². The average Bonchev–Trinajstić information content (AvgIpc) is 3.44. The molecule has 0 radical (unpaired) electrons. The molecule has 0 amide bonds. The molecule has 2 heterocycles. The number of hydrogen-bond acceptors (Lipinski definition) is 5. The number of aromatic nitrogens is 3. The van der Waals surface area contributed by atoms with Gasteiger partial charge in [-0.25, -0.2) is 9.67 Å². The Labute approximate surface area is 211 Å². The minimum Gasteiger partial charge on any atom is -0.494 e. The van der Waals surface area contributed by atoms with Crippen LogP contribution in [0.3, 0.4) is 0 Å². The summed E-state index contributed by atoms with van der Waals surface area (Å²) in [5.74, 6) is 2.72. The highest BCUT2D eigenvalue weighted by molar-refractivity contribution is 5.94. The van der Waals surface area contributed by atoms with E-state index in [1.165, 1.54) is 5.56 Å². The van der Waals surface area contributed by atoms with Gasteiger partial charge in [-0.1, -0.05) is 26.0 Å². The molecule has 0 fully saturated rings. The van der Waals surface area contributed by atoms with Gasteiger partial charge in [-0.05, 0) is 80.3 Å². The van der Waals surface area contributed by atoms with Crippen molar-refractivity contribution in [3.8, 4) is 22.8 Å². The summed E-state index contributed by atoms with van der Waals surface area (Å²) in [5, 5.41) is 9.74. The molecule has 6 heteroatoms. The molecule has 0 aliphatic rings. The molecule has 0 aliphatic carbocycles. The summed E-state index contributed by atoms with van der Waals surface area (Å²) in [7, 11) is 0. The van der Waals surface area contributed by atoms with E-state index in [-0.39, 0.29) is 0 Å². The van der Waals surface area contributed by atoms with E-state index in [2.05, 4.69) is 73.0 Å². The molecule has 0 saturated carbocycles. The molecular formula is C30H32N4O2. The number of oxazole rings is 1. The first-order valence-corrected chi connectivity index (χ1v) is 12.4. The molecule has 0 saturated heterocycles. The van der Waals surface area contributed by atoms with Crippen LogP contribution >= 0.6 is 0 Å². The molecule has 5 aromatic rings. The first kappa shape index (κ1) is 23.7. The summed E-state index contributed by atoms with van der Waals surface area (Å²) in [6.45, 7) is 13.1. The van der Waals surface area contributed by atoms with Gasteiger partial charge in [0, 0.05) is 29.3 Å². The van der Waals surface area contributed by atoms with Crippen LogP contribution in [0.1, 0.15) is 49.4 Å². The minimum absolute atomic E-state index is 0.345. The maximum Gasteiger partial charge on any atom is 0.191 e. The molecule has 3 aromatic carbocycles. The number of nitrogens with zero attached hydrogens (tertiary/aromatic N) is 3. The minimum atomic E-state index is 0.345. The average molecular weight is 481 g/mol. The number of ether oxygens (including phenoxy) is 1. The second kappa shape index (κ2) is 9.53. The van der Waals surface area contributed by atoms with Gasteiger partial charge in [0.05, 0.1) is 24.2 Å². The molecule has 0 unspecified atom stereocenters. The van der Waals surface area contributed by atoms with E-state index in [9.17, 15) is 0 Å². The smallest absolute Gasteiger partial charge is 0.191 e. The zero-order valence-electron chi connectivity index (χ0n) is 21.7. The number of nitrogens with one attached hydrogen (secondary N) is 1. The van der Waals surface area contributed by atoms with Gasteiger partial charge in [-0.3, -0.25) is 0 Å². The second-order valence-corrected chi connectivity index (χ2v) is 9.41. The molecule has 5 rings (SSSR count). The van der Waals surface area contributed by atoms with Crippen molar-refractivity contribution in [2.45, 2.75) is 47.5 Å². The lowest BCUT2D eigenvalue weighted by Gasteiger charge is -2.17. The molecule has 2 aromatic heterocycles. The number of fused-ring (bicyclic) bond motifs is 1. The van der Waals surface area contributed by atoms with Crippen LogP contribution < -0.4 is 10.1 Å². The van der Waals surface area contributed by atoms with Crippen LogP contribution in [-0.4, -0.2) is 21.4 Å². The van der Waals surface area contributed by atoms with Crippen molar-refractivity contribution >= 4 is 22.3 Å². The largest absolute Gasteiger partial charge is 0.494 e. The van der Waals surface area contributed by atoms with Gasteiger partial charge in [-0.15, -0.1) is 0 Å². The summed E-state index contributed by atoms with van der Waals surface area (Å²) in [6.07, 6.45) is 1.75. The van der Waals surface area contributed by atoms with Crippen molar-refractivity contribution in [1.29, 1.82) is 0 Å². The van der Waals surface area contributed by atoms with E-state index in [1.807, 2.05) is 38.1 Å². The molecule has 6 nitrogen and oxygen atoms in total. The third-order valence-electron chi connectivity index (χ3n) is 6.49. The SMILES string of the molecule is CCOc1cc(C)c(-n2nc3c(Nc4ccc(-c5cnc(C)o5)cc4)cccc3c2C)cc1C(C)C. The van der Waals surface area contributed by atoms with Gasteiger partial charge in [0.15, 0.2) is 11.7 Å². The van der Waals surface area contributed by atoms with Crippen LogP contribution in [0, 0.1) is 20.8 Å². The normalized spacial score (nSPS) is 11.4. The van der Waals surface area contributed by atoms with E-state index < -0.39 is 0 Å². The van der Waals surface area contributed by atoms with Crippen molar-refractivity contribution < 1.29 is 9.15 Å². The first-order chi connectivity index (χ1) is 17.4. The maximum atomic E-state index is 5.93. The molecule has 1 N–H and O–H groups in total. The van der Waals surface area contributed by atoms with Gasteiger partial charge < -0.3 is 14.5 Å². The number of rotatable bonds is 7. The van der Waals surface area contributed by atoms with Gasteiger partial charge in [0.2, 0.25) is 0 Å². The zero-order valence-corrected chi connectivity index (χ0v) is 21.7. The summed E-state index contributed by atoms with van der Waals surface area (Å²) >= 11 is 0. The fourth-order valence-electron chi connectivity index (χ4n) is 4.58. The Kier molecular flexibility index (Phi) is 6.27. The lowest BCUT2D eigenvalue weighted by molar-refractivity contribution is 0.335. The van der Waals surface area contributed by atoms with Crippen molar-refractivity contribution in [3.63, 3.8) is 0 Å². The third kappa shape index (κ3) is 4.35. The number of aryl methyl sites for hydroxylation is 3. The zero-order chi connectivity index (χ0) is 25.4. The van der Waals surface area contributed by atoms with E-state index in [0.717, 1.165) is 56.3 Å². The first-order valence-electron chi connectivity index (χ1n) is 12.4. The number of anilines is 2. The molecule has 36 heavy (non-hydrogen) atoms. The van der Waals surface area contributed by atoms with Crippen molar-refractivity contribution in [2.24, 2.45) is 0 Å². The van der Waals surface area contributed by atoms with Crippen LogP contribution in [0.4, 0.5) is 11.4 Å². The standard InChI is InChI=1S/C30H32N4O2/c1-7-35-28-15-19(4)27(16-25(28)18(2)3)34-20(5)24-9-8-10-26(30(24)33-34)32-23-13-11-22(12-14-23)29-17-31-21(6)36-29/h8-18,32H,7H2,1-6H3. The van der Waals surface area contributed by atoms with Crippen molar-refractivity contribution in [2.75, 3.05) is 11.9 Å². The highest BCUT2D eigenvalue weighted by Gasteiger charge is 2.17. The molecular weight excluding hydrogens is 448 g/mol. The van der Waals surface area contributed by atoms with E-state index in [1.54, 1.807) is 6.20 Å². The Balaban J connectivity index is 1.52. The second-order valence-electron chi connectivity index (χ2n) is 9.41. The quantitative estimate of drug-likeness (QED) is 0.257. The highest BCUT2D eigenvalue weighted by Crippen LogP contribution is 2.35. The number of hydrogen-bond donors (Lipinski definition) is 1. The summed E-state index contributed by atoms with van der Waals surface area (Å²) in [5.41, 5.74) is 8.37. The fourth-order valence-corrected chi connectivity index (χ4v) is 4.58. The van der Waals surface area contributed by atoms with Gasteiger partial charge in [-0.2, -0.15) is 5.10 Å². The van der Waals surface area contributed by atoms with Crippen LogP contribution in [0.25, 0.3) is 27.9 Å². The van der Waals surface area contributed by atoms with Gasteiger partial charge in [0.25, 0.3) is 0 Å². The number of benzene rings is 3. The molecule has 0 spiro atoms. The van der Waals surface area contributed by atoms with Crippen LogP contribution in [0.15, 0.2) is 65.2 Å². The van der Waals surface area contributed by atoms with Gasteiger partial charge >= 0.3 is 0 Å². The summed E-state index contributed by atoms with van der Waals surface area (Å²) in [6, 6.07) is 18.8. The van der Waals surface area contributed by atoms with Gasteiger partial charge in [0.1, 0.15) is 11.3 Å². The van der Waals surface area contributed by atoms with E-state index in [0.29, 0.717) is 18.4 Å². The Bertz CT molecular complexity index is 1530. The summed E-state index contributed by atoms with van der Waals surface area (Å²) < 4.78 is 13.6. The highest BCUT2D eigenvalue weighted by atomic mass is 16.5. The molecule has 184 valence electrons. The van der Waals surface area contributed by atoms with Crippen molar-refractivity contribution in [1.82, 2.24) is 14.8 Å². The topological polar surface area (TPSA) is 65.1 Å². The fraction of sp³-hybridized carbons (Fsp3) is 0.267.